The van der Waals surface area contributed by atoms with Crippen LogP contribution in [0.2, 0.25) is 5.02 Å². The molecule has 1 N–H and O–H groups in total. The summed E-state index contributed by atoms with van der Waals surface area (Å²) in [4.78, 5) is 17.4. The topological polar surface area (TPSA) is 70.6 Å². The highest BCUT2D eigenvalue weighted by atomic mass is 35.5. The number of hydrogen-bond acceptors (Lipinski definition) is 6. The number of carbonyl (C=O) groups excluding carboxylic acids is 1. The van der Waals surface area contributed by atoms with Crippen LogP contribution in [-0.2, 0) is 6.54 Å². The Labute approximate surface area is 213 Å². The Morgan fingerprint density at radius 3 is 2.47 bits per heavy atom. The molecule has 4 aromatic rings. The van der Waals surface area contributed by atoms with Crippen LogP contribution in [0.1, 0.15) is 16.1 Å². The highest BCUT2D eigenvalue weighted by Crippen LogP contribution is 2.33. The first-order valence-electron chi connectivity index (χ1n) is 11.6. The van der Waals surface area contributed by atoms with E-state index < -0.39 is 0 Å². The highest BCUT2D eigenvalue weighted by molar-refractivity contribution is 6.31. The van der Waals surface area contributed by atoms with Crippen LogP contribution < -0.4 is 19.9 Å². The van der Waals surface area contributed by atoms with E-state index in [1.54, 1.807) is 19.2 Å². The number of methoxy groups -OCH3 is 1. The lowest BCUT2D eigenvalue weighted by atomic mass is 10.1. The molecule has 5 rings (SSSR count). The standard InChI is InChI=1S/C27H25ClFN5O2/c1-36-24-10-9-19(28)16-23(24)33-11-13-34(14-12-33)26-22-8-3-2-7-21(22)25(31-32-26)27(35)30-17-18-5-4-6-20(29)15-18/h2-10,15-16H,11-14,17H2,1H3,(H,30,35). The number of rotatable bonds is 6. The number of benzene rings is 3. The third-order valence-electron chi connectivity index (χ3n) is 6.29. The van der Waals surface area contributed by atoms with Gasteiger partial charge in [0, 0.05) is 48.5 Å². The molecule has 0 aliphatic carbocycles. The van der Waals surface area contributed by atoms with E-state index in [-0.39, 0.29) is 24.0 Å². The quantitative estimate of drug-likeness (QED) is 0.410. The van der Waals surface area contributed by atoms with E-state index in [0.29, 0.717) is 10.6 Å². The molecule has 0 unspecified atom stereocenters. The number of nitrogens with zero attached hydrogens (tertiary/aromatic N) is 4. The van der Waals surface area contributed by atoms with Crippen molar-refractivity contribution in [1.82, 2.24) is 15.5 Å². The molecule has 0 saturated carbocycles. The molecular formula is C27H25ClFN5O2. The van der Waals surface area contributed by atoms with Gasteiger partial charge in [-0.1, -0.05) is 48.0 Å². The molecule has 1 saturated heterocycles. The van der Waals surface area contributed by atoms with Crippen LogP contribution in [0.5, 0.6) is 5.75 Å². The van der Waals surface area contributed by atoms with Gasteiger partial charge in [0.25, 0.3) is 5.91 Å². The van der Waals surface area contributed by atoms with Gasteiger partial charge in [0.15, 0.2) is 11.5 Å². The van der Waals surface area contributed by atoms with Crippen LogP contribution in [0.4, 0.5) is 15.9 Å². The SMILES string of the molecule is COc1ccc(Cl)cc1N1CCN(c2nnc(C(=O)NCc3cccc(F)c3)c3ccccc23)CC1. The number of halogens is 2. The number of carbonyl (C=O) groups is 1. The van der Waals surface area contributed by atoms with Crippen molar-refractivity contribution in [1.29, 1.82) is 0 Å². The lowest BCUT2D eigenvalue weighted by Gasteiger charge is -2.37. The number of anilines is 2. The van der Waals surface area contributed by atoms with Gasteiger partial charge in [0.05, 0.1) is 12.8 Å². The predicted octanol–water partition coefficient (Wildman–Crippen LogP) is 4.69. The number of fused-ring (bicyclic) bond motifs is 1. The summed E-state index contributed by atoms with van der Waals surface area (Å²) in [6.07, 6.45) is 0. The summed E-state index contributed by atoms with van der Waals surface area (Å²) < 4.78 is 19.0. The summed E-state index contributed by atoms with van der Waals surface area (Å²) in [7, 11) is 1.65. The number of nitrogens with one attached hydrogen (secondary N) is 1. The fraction of sp³-hybridized carbons (Fsp3) is 0.222. The molecule has 1 amide bonds. The zero-order valence-corrected chi connectivity index (χ0v) is 20.5. The first-order valence-corrected chi connectivity index (χ1v) is 12.0. The summed E-state index contributed by atoms with van der Waals surface area (Å²) in [5.74, 6) is 0.828. The fourth-order valence-corrected chi connectivity index (χ4v) is 4.64. The van der Waals surface area contributed by atoms with E-state index in [1.807, 2.05) is 42.5 Å². The van der Waals surface area contributed by atoms with Crippen molar-refractivity contribution in [2.45, 2.75) is 6.54 Å². The summed E-state index contributed by atoms with van der Waals surface area (Å²) >= 11 is 6.23. The summed E-state index contributed by atoms with van der Waals surface area (Å²) in [5, 5.41) is 13.8. The van der Waals surface area contributed by atoms with Gasteiger partial charge in [-0.3, -0.25) is 4.79 Å². The molecule has 2 heterocycles. The van der Waals surface area contributed by atoms with Gasteiger partial charge in [-0.05, 0) is 35.9 Å². The van der Waals surface area contributed by atoms with E-state index in [4.69, 9.17) is 16.3 Å². The van der Waals surface area contributed by atoms with Crippen LogP contribution >= 0.6 is 11.6 Å². The second-order valence-corrected chi connectivity index (χ2v) is 8.96. The van der Waals surface area contributed by atoms with Gasteiger partial charge in [0.2, 0.25) is 0 Å². The average Bonchev–Trinajstić information content (AvgIpc) is 2.91. The van der Waals surface area contributed by atoms with E-state index in [9.17, 15) is 9.18 Å². The van der Waals surface area contributed by atoms with Gasteiger partial charge >= 0.3 is 0 Å². The van der Waals surface area contributed by atoms with Crippen molar-refractivity contribution in [3.8, 4) is 5.75 Å². The minimum Gasteiger partial charge on any atom is -0.495 e. The Morgan fingerprint density at radius 1 is 0.972 bits per heavy atom. The van der Waals surface area contributed by atoms with Gasteiger partial charge in [-0.15, -0.1) is 10.2 Å². The normalized spacial score (nSPS) is 13.6. The largest absolute Gasteiger partial charge is 0.495 e. The van der Waals surface area contributed by atoms with Crippen molar-refractivity contribution in [3.05, 3.63) is 88.8 Å². The summed E-state index contributed by atoms with van der Waals surface area (Å²) in [6, 6.07) is 19.4. The van der Waals surface area contributed by atoms with E-state index in [2.05, 4.69) is 25.3 Å². The molecule has 0 atom stereocenters. The number of piperazine rings is 1. The smallest absolute Gasteiger partial charge is 0.272 e. The molecule has 3 aromatic carbocycles. The summed E-state index contributed by atoms with van der Waals surface area (Å²) in [5.41, 5.74) is 1.88. The average molecular weight is 506 g/mol. The second kappa shape index (κ2) is 10.4. The Hall–Kier alpha value is -3.91. The molecule has 0 bridgehead atoms. The van der Waals surface area contributed by atoms with Crippen molar-refractivity contribution < 1.29 is 13.9 Å². The van der Waals surface area contributed by atoms with E-state index >= 15 is 0 Å². The van der Waals surface area contributed by atoms with E-state index in [1.165, 1.54) is 12.1 Å². The van der Waals surface area contributed by atoms with Crippen LogP contribution in [0.25, 0.3) is 10.8 Å². The van der Waals surface area contributed by atoms with Crippen molar-refractivity contribution in [3.63, 3.8) is 0 Å². The number of hydrogen-bond donors (Lipinski definition) is 1. The lowest BCUT2D eigenvalue weighted by molar-refractivity contribution is 0.0946. The molecule has 1 fully saturated rings. The van der Waals surface area contributed by atoms with Gasteiger partial charge in [-0.2, -0.15) is 0 Å². The predicted molar refractivity (Wildman–Crippen MR) is 140 cm³/mol. The summed E-state index contributed by atoms with van der Waals surface area (Å²) in [6.45, 7) is 3.15. The Balaban J connectivity index is 1.34. The molecule has 36 heavy (non-hydrogen) atoms. The molecule has 9 heteroatoms. The van der Waals surface area contributed by atoms with Crippen LogP contribution in [0.3, 0.4) is 0 Å². The zero-order valence-electron chi connectivity index (χ0n) is 19.7. The zero-order chi connectivity index (χ0) is 25.1. The first kappa shape index (κ1) is 23.8. The van der Waals surface area contributed by atoms with Crippen molar-refractivity contribution in [2.24, 2.45) is 0 Å². The molecule has 1 aromatic heterocycles. The number of amides is 1. The molecule has 0 radical (unpaired) electrons. The molecular weight excluding hydrogens is 481 g/mol. The Bertz CT molecular complexity index is 1410. The molecule has 1 aliphatic rings. The second-order valence-electron chi connectivity index (χ2n) is 8.52. The van der Waals surface area contributed by atoms with Crippen LogP contribution in [-0.4, -0.2) is 49.4 Å². The molecule has 7 nitrogen and oxygen atoms in total. The van der Waals surface area contributed by atoms with Crippen molar-refractivity contribution in [2.75, 3.05) is 43.1 Å². The first-order chi connectivity index (χ1) is 17.5. The third-order valence-corrected chi connectivity index (χ3v) is 6.52. The number of aromatic nitrogens is 2. The van der Waals surface area contributed by atoms with Gasteiger partial charge < -0.3 is 19.9 Å². The molecule has 1 aliphatic heterocycles. The molecule has 0 spiro atoms. The minimum atomic E-state index is -0.354. The molecule has 184 valence electrons. The third kappa shape index (κ3) is 4.90. The lowest BCUT2D eigenvalue weighted by Crippen LogP contribution is -2.47. The maximum absolute atomic E-state index is 13.5. The van der Waals surface area contributed by atoms with Crippen LogP contribution in [0.15, 0.2) is 66.7 Å². The Morgan fingerprint density at radius 2 is 1.72 bits per heavy atom. The monoisotopic (exact) mass is 505 g/mol. The number of ether oxygens (including phenoxy) is 1. The fourth-order valence-electron chi connectivity index (χ4n) is 4.47. The van der Waals surface area contributed by atoms with E-state index in [0.717, 1.165) is 54.2 Å². The van der Waals surface area contributed by atoms with Gasteiger partial charge in [-0.25, -0.2) is 4.39 Å². The minimum absolute atomic E-state index is 0.198. The maximum Gasteiger partial charge on any atom is 0.272 e. The van der Waals surface area contributed by atoms with Crippen molar-refractivity contribution >= 4 is 39.8 Å². The van der Waals surface area contributed by atoms with Gasteiger partial charge in [0.1, 0.15) is 11.6 Å². The maximum atomic E-state index is 13.5. The Kier molecular flexibility index (Phi) is 6.86. The van der Waals surface area contributed by atoms with Crippen LogP contribution in [0, 0.1) is 5.82 Å². The highest BCUT2D eigenvalue weighted by Gasteiger charge is 2.24.